The molecule has 0 radical (unpaired) electrons. The van der Waals surface area contributed by atoms with Crippen LogP contribution in [0.15, 0.2) is 28.7 Å². The van der Waals surface area contributed by atoms with Crippen molar-refractivity contribution in [1.82, 2.24) is 20.5 Å². The van der Waals surface area contributed by atoms with E-state index in [2.05, 4.69) is 36.4 Å². The Labute approximate surface area is 96.3 Å². The highest BCUT2D eigenvalue weighted by atomic mass is 79.9. The van der Waals surface area contributed by atoms with Crippen molar-refractivity contribution < 1.29 is 0 Å². The maximum atomic E-state index is 4.36. The van der Waals surface area contributed by atoms with Crippen molar-refractivity contribution in [3.8, 4) is 11.4 Å². The van der Waals surface area contributed by atoms with Gasteiger partial charge in [-0.2, -0.15) is 5.10 Å². The van der Waals surface area contributed by atoms with Crippen molar-refractivity contribution in [2.45, 2.75) is 6.54 Å². The first-order valence-corrected chi connectivity index (χ1v) is 5.40. The number of rotatable bonds is 3. The average molecular weight is 267 g/mol. The topological polar surface area (TPSA) is 53.6 Å². The van der Waals surface area contributed by atoms with E-state index in [1.165, 1.54) is 0 Å². The standard InChI is InChI=1S/C10H11BrN4/c1-12-6-9-13-10(15-14-9)7-3-2-4-8(11)5-7/h2-5,12H,6H2,1H3,(H,13,14,15). The maximum Gasteiger partial charge on any atom is 0.181 e. The largest absolute Gasteiger partial charge is 0.313 e. The molecule has 15 heavy (non-hydrogen) atoms. The van der Waals surface area contributed by atoms with Gasteiger partial charge in [0.25, 0.3) is 0 Å². The minimum absolute atomic E-state index is 0.695. The third kappa shape index (κ3) is 2.43. The molecule has 4 nitrogen and oxygen atoms in total. The molecule has 0 fully saturated rings. The molecule has 78 valence electrons. The van der Waals surface area contributed by atoms with Crippen LogP contribution >= 0.6 is 15.9 Å². The van der Waals surface area contributed by atoms with Crippen LogP contribution in [-0.2, 0) is 6.54 Å². The van der Waals surface area contributed by atoms with Crippen LogP contribution in [0.2, 0.25) is 0 Å². The summed E-state index contributed by atoms with van der Waals surface area (Å²) in [6, 6.07) is 7.92. The van der Waals surface area contributed by atoms with Crippen LogP contribution in [-0.4, -0.2) is 22.2 Å². The van der Waals surface area contributed by atoms with Crippen molar-refractivity contribution in [1.29, 1.82) is 0 Å². The number of nitrogens with zero attached hydrogens (tertiary/aromatic N) is 2. The lowest BCUT2D eigenvalue weighted by Crippen LogP contribution is -2.06. The Hall–Kier alpha value is -1.20. The molecule has 0 aliphatic carbocycles. The molecule has 0 saturated heterocycles. The van der Waals surface area contributed by atoms with E-state index in [0.717, 1.165) is 21.7 Å². The Balaban J connectivity index is 2.29. The Morgan fingerprint density at radius 1 is 1.47 bits per heavy atom. The average Bonchev–Trinajstić information content (AvgIpc) is 2.67. The molecule has 2 rings (SSSR count). The summed E-state index contributed by atoms with van der Waals surface area (Å²) < 4.78 is 1.03. The lowest BCUT2D eigenvalue weighted by atomic mass is 10.2. The van der Waals surface area contributed by atoms with Crippen molar-refractivity contribution in [2.75, 3.05) is 7.05 Å². The molecular formula is C10H11BrN4. The zero-order chi connectivity index (χ0) is 10.7. The summed E-state index contributed by atoms with van der Waals surface area (Å²) >= 11 is 3.42. The molecule has 1 heterocycles. The zero-order valence-electron chi connectivity index (χ0n) is 8.29. The van der Waals surface area contributed by atoms with Gasteiger partial charge in [-0.05, 0) is 19.2 Å². The van der Waals surface area contributed by atoms with E-state index in [1.54, 1.807) is 0 Å². The molecule has 1 aromatic carbocycles. The molecule has 1 aromatic heterocycles. The Bertz CT molecular complexity index is 452. The maximum absolute atomic E-state index is 4.36. The van der Waals surface area contributed by atoms with E-state index in [0.29, 0.717) is 6.54 Å². The van der Waals surface area contributed by atoms with Crippen LogP contribution in [0, 0.1) is 0 Å². The number of hydrogen-bond acceptors (Lipinski definition) is 3. The lowest BCUT2D eigenvalue weighted by molar-refractivity contribution is 0.763. The molecule has 0 bridgehead atoms. The van der Waals surface area contributed by atoms with E-state index in [4.69, 9.17) is 0 Å². The van der Waals surface area contributed by atoms with Crippen LogP contribution in [0.4, 0.5) is 0 Å². The normalized spacial score (nSPS) is 10.5. The first kappa shape index (κ1) is 10.3. The highest BCUT2D eigenvalue weighted by molar-refractivity contribution is 9.10. The highest BCUT2D eigenvalue weighted by Gasteiger charge is 2.04. The SMILES string of the molecule is CNCc1nc(-c2cccc(Br)c2)n[nH]1. The summed E-state index contributed by atoms with van der Waals surface area (Å²) in [6.45, 7) is 0.695. The first-order chi connectivity index (χ1) is 7.29. The van der Waals surface area contributed by atoms with Gasteiger partial charge in [0.1, 0.15) is 5.82 Å². The van der Waals surface area contributed by atoms with Gasteiger partial charge in [0.05, 0.1) is 6.54 Å². The van der Waals surface area contributed by atoms with E-state index in [9.17, 15) is 0 Å². The molecule has 0 aliphatic heterocycles. The molecule has 0 aliphatic rings. The van der Waals surface area contributed by atoms with Gasteiger partial charge in [-0.1, -0.05) is 28.1 Å². The number of benzene rings is 1. The smallest absolute Gasteiger partial charge is 0.181 e. The quantitative estimate of drug-likeness (QED) is 0.893. The second kappa shape index (κ2) is 4.55. The molecule has 2 N–H and O–H groups in total. The molecule has 0 amide bonds. The molecule has 0 spiro atoms. The van der Waals surface area contributed by atoms with Gasteiger partial charge in [0, 0.05) is 10.0 Å². The van der Waals surface area contributed by atoms with E-state index < -0.39 is 0 Å². The zero-order valence-corrected chi connectivity index (χ0v) is 9.87. The predicted molar refractivity (Wildman–Crippen MR) is 62.3 cm³/mol. The Morgan fingerprint density at radius 2 is 2.33 bits per heavy atom. The summed E-state index contributed by atoms with van der Waals surface area (Å²) in [6.07, 6.45) is 0. The van der Waals surface area contributed by atoms with Crippen LogP contribution in [0.3, 0.4) is 0 Å². The van der Waals surface area contributed by atoms with Crippen LogP contribution in [0.25, 0.3) is 11.4 Å². The van der Waals surface area contributed by atoms with Crippen LogP contribution in [0.5, 0.6) is 0 Å². The van der Waals surface area contributed by atoms with Crippen molar-refractivity contribution >= 4 is 15.9 Å². The minimum atomic E-state index is 0.695. The van der Waals surface area contributed by atoms with Gasteiger partial charge in [-0.15, -0.1) is 0 Å². The van der Waals surface area contributed by atoms with Gasteiger partial charge < -0.3 is 5.32 Å². The number of aromatic amines is 1. The molecule has 2 aromatic rings. The third-order valence-electron chi connectivity index (χ3n) is 1.96. The number of H-pyrrole nitrogens is 1. The van der Waals surface area contributed by atoms with E-state index in [-0.39, 0.29) is 0 Å². The monoisotopic (exact) mass is 266 g/mol. The van der Waals surface area contributed by atoms with Crippen molar-refractivity contribution in [2.24, 2.45) is 0 Å². The van der Waals surface area contributed by atoms with Crippen molar-refractivity contribution in [3.05, 3.63) is 34.6 Å². The number of aromatic nitrogens is 3. The van der Waals surface area contributed by atoms with Crippen LogP contribution < -0.4 is 5.32 Å². The minimum Gasteiger partial charge on any atom is -0.313 e. The molecule has 0 saturated carbocycles. The summed E-state index contributed by atoms with van der Waals surface area (Å²) in [4.78, 5) is 4.36. The fourth-order valence-corrected chi connectivity index (χ4v) is 1.70. The third-order valence-corrected chi connectivity index (χ3v) is 2.45. The lowest BCUT2D eigenvalue weighted by Gasteiger charge is -1.95. The number of halogens is 1. The Kier molecular flexibility index (Phi) is 3.13. The summed E-state index contributed by atoms with van der Waals surface area (Å²) in [7, 11) is 1.88. The highest BCUT2D eigenvalue weighted by Crippen LogP contribution is 2.19. The fourth-order valence-electron chi connectivity index (χ4n) is 1.30. The fraction of sp³-hybridized carbons (Fsp3) is 0.200. The molecule has 0 unspecified atom stereocenters. The van der Waals surface area contributed by atoms with Gasteiger partial charge >= 0.3 is 0 Å². The molecule has 0 atom stereocenters. The van der Waals surface area contributed by atoms with Gasteiger partial charge in [-0.3, -0.25) is 5.10 Å². The number of hydrogen-bond donors (Lipinski definition) is 2. The Morgan fingerprint density at radius 3 is 3.07 bits per heavy atom. The summed E-state index contributed by atoms with van der Waals surface area (Å²) in [5.41, 5.74) is 1.00. The first-order valence-electron chi connectivity index (χ1n) is 4.61. The summed E-state index contributed by atoms with van der Waals surface area (Å²) in [5.74, 6) is 1.56. The van der Waals surface area contributed by atoms with Crippen molar-refractivity contribution in [3.63, 3.8) is 0 Å². The van der Waals surface area contributed by atoms with E-state index in [1.807, 2.05) is 31.3 Å². The van der Waals surface area contributed by atoms with Gasteiger partial charge in [-0.25, -0.2) is 4.98 Å². The number of nitrogens with one attached hydrogen (secondary N) is 2. The second-order valence-electron chi connectivity index (χ2n) is 3.15. The van der Waals surface area contributed by atoms with E-state index >= 15 is 0 Å². The second-order valence-corrected chi connectivity index (χ2v) is 4.06. The van der Waals surface area contributed by atoms with Gasteiger partial charge in [0.15, 0.2) is 5.82 Å². The summed E-state index contributed by atoms with van der Waals surface area (Å²) in [5, 5.41) is 10.1. The van der Waals surface area contributed by atoms with Gasteiger partial charge in [0.2, 0.25) is 0 Å². The van der Waals surface area contributed by atoms with Crippen LogP contribution in [0.1, 0.15) is 5.82 Å². The predicted octanol–water partition coefficient (Wildman–Crippen LogP) is 1.95. The molecular weight excluding hydrogens is 256 g/mol. The molecule has 5 heteroatoms.